The van der Waals surface area contributed by atoms with Crippen LogP contribution in [0, 0.1) is 5.41 Å². The molecular formula is C12H18N2OS. The van der Waals surface area contributed by atoms with Crippen molar-refractivity contribution in [2.24, 2.45) is 5.41 Å². The molecule has 1 aromatic rings. The molecule has 1 aromatic carbocycles. The van der Waals surface area contributed by atoms with Gasteiger partial charge in [0.1, 0.15) is 11.9 Å². The summed E-state index contributed by atoms with van der Waals surface area (Å²) in [4.78, 5) is 2.38. The van der Waals surface area contributed by atoms with Gasteiger partial charge in [-0.1, -0.05) is 19.9 Å². The summed E-state index contributed by atoms with van der Waals surface area (Å²) >= 11 is -0.0502. The van der Waals surface area contributed by atoms with Crippen LogP contribution in [0.4, 0.5) is 11.4 Å². The van der Waals surface area contributed by atoms with E-state index in [1.54, 1.807) is 0 Å². The maximum absolute atomic E-state index is 10.5. The smallest absolute Gasteiger partial charge is 0.103 e. The van der Waals surface area contributed by atoms with Gasteiger partial charge in [0.2, 0.25) is 0 Å². The highest BCUT2D eigenvalue weighted by molar-refractivity contribution is 7.67. The van der Waals surface area contributed by atoms with E-state index in [4.69, 9.17) is 0 Å². The van der Waals surface area contributed by atoms with Crippen LogP contribution in [-0.4, -0.2) is 17.3 Å². The number of hydrogen-bond acceptors (Lipinski definition) is 2. The molecule has 1 aliphatic heterocycles. The van der Waals surface area contributed by atoms with E-state index in [1.165, 1.54) is 12.1 Å². The maximum atomic E-state index is 10.5. The summed E-state index contributed by atoms with van der Waals surface area (Å²) in [5, 5.41) is 0. The highest BCUT2D eigenvalue weighted by Gasteiger charge is 2.29. The molecule has 2 rings (SSSR count). The molecule has 4 heteroatoms. The molecular weight excluding hydrogens is 220 g/mol. The Hall–Kier alpha value is -1.03. The minimum atomic E-state index is -0.0502. The van der Waals surface area contributed by atoms with Crippen molar-refractivity contribution in [1.29, 1.82) is 0 Å². The van der Waals surface area contributed by atoms with Crippen LogP contribution >= 0.6 is 0 Å². The third kappa shape index (κ3) is 2.55. The van der Waals surface area contributed by atoms with E-state index in [-0.39, 0.29) is 11.9 Å². The minimum Gasteiger partial charge on any atom is -0.371 e. The fraction of sp³-hybridized carbons (Fsp3) is 0.500. The molecule has 1 heterocycles. The molecule has 1 saturated heterocycles. The van der Waals surface area contributed by atoms with Crippen molar-refractivity contribution in [3.05, 3.63) is 24.3 Å². The number of benzene rings is 1. The molecule has 1 aliphatic rings. The first-order chi connectivity index (χ1) is 7.61. The summed E-state index contributed by atoms with van der Waals surface area (Å²) in [6, 6.07) is 8.07. The molecule has 0 radical (unpaired) electrons. The summed E-state index contributed by atoms with van der Waals surface area (Å²) in [6.45, 7) is 6.79. The third-order valence-corrected chi connectivity index (χ3v) is 3.41. The lowest BCUT2D eigenvalue weighted by atomic mass is 9.93. The van der Waals surface area contributed by atoms with Crippen molar-refractivity contribution in [2.45, 2.75) is 20.3 Å². The molecule has 1 N–H and O–H groups in total. The SMILES string of the molecule is CC1(C)CCN(c2cccc(N[SH]=O)c2)C1. The van der Waals surface area contributed by atoms with E-state index >= 15 is 0 Å². The third-order valence-electron chi connectivity index (χ3n) is 3.06. The van der Waals surface area contributed by atoms with E-state index < -0.39 is 0 Å². The molecule has 0 aliphatic carbocycles. The van der Waals surface area contributed by atoms with Crippen LogP contribution in [0.15, 0.2) is 24.3 Å². The molecule has 16 heavy (non-hydrogen) atoms. The number of thiol groups is 1. The molecule has 0 aromatic heterocycles. The molecule has 0 spiro atoms. The normalized spacial score (nSPS) is 18.8. The Morgan fingerprint density at radius 3 is 2.88 bits per heavy atom. The Kier molecular flexibility index (Phi) is 3.19. The summed E-state index contributed by atoms with van der Waals surface area (Å²) < 4.78 is 13.3. The highest BCUT2D eigenvalue weighted by Crippen LogP contribution is 2.33. The lowest BCUT2D eigenvalue weighted by Crippen LogP contribution is -2.22. The first-order valence-electron chi connectivity index (χ1n) is 5.54. The Balaban J connectivity index is 2.15. The molecule has 3 nitrogen and oxygen atoms in total. The maximum Gasteiger partial charge on any atom is 0.103 e. The predicted molar refractivity (Wildman–Crippen MR) is 70.2 cm³/mol. The second-order valence-corrected chi connectivity index (χ2v) is 5.50. The summed E-state index contributed by atoms with van der Waals surface area (Å²) in [6.07, 6.45) is 1.23. The van der Waals surface area contributed by atoms with Gasteiger partial charge in [0.25, 0.3) is 0 Å². The van der Waals surface area contributed by atoms with E-state index in [9.17, 15) is 4.21 Å². The van der Waals surface area contributed by atoms with Crippen LogP contribution in [0.1, 0.15) is 20.3 Å². The molecule has 88 valence electrons. The van der Waals surface area contributed by atoms with Crippen molar-refractivity contribution in [2.75, 3.05) is 22.7 Å². The van der Waals surface area contributed by atoms with Crippen LogP contribution in [0.5, 0.6) is 0 Å². The van der Waals surface area contributed by atoms with Crippen molar-refractivity contribution in [3.8, 4) is 0 Å². The van der Waals surface area contributed by atoms with Crippen LogP contribution in [-0.2, 0) is 11.9 Å². The standard InChI is InChI=1S/C12H18N2OS/c1-12(2)6-7-14(9-12)11-5-3-4-10(8-11)13-16-15/h3-5,8,16H,6-7,9H2,1-2H3,(H,13,15). The number of hydrogen-bond donors (Lipinski definition) is 2. The zero-order valence-electron chi connectivity index (χ0n) is 9.73. The van der Waals surface area contributed by atoms with E-state index in [2.05, 4.69) is 29.5 Å². The number of rotatable bonds is 3. The van der Waals surface area contributed by atoms with E-state index in [0.717, 1.165) is 18.8 Å². The topological polar surface area (TPSA) is 32.3 Å². The summed E-state index contributed by atoms with van der Waals surface area (Å²) in [5.74, 6) is 0. The van der Waals surface area contributed by atoms with Crippen molar-refractivity contribution in [3.63, 3.8) is 0 Å². The van der Waals surface area contributed by atoms with Crippen molar-refractivity contribution in [1.82, 2.24) is 0 Å². The largest absolute Gasteiger partial charge is 0.371 e. The van der Waals surface area contributed by atoms with E-state index in [0.29, 0.717) is 5.41 Å². The first kappa shape index (κ1) is 11.5. The molecule has 0 atom stereocenters. The van der Waals surface area contributed by atoms with E-state index in [1.807, 2.05) is 18.2 Å². The highest BCUT2D eigenvalue weighted by atomic mass is 32.2. The number of anilines is 2. The van der Waals surface area contributed by atoms with Crippen LogP contribution in [0.2, 0.25) is 0 Å². The van der Waals surface area contributed by atoms with Crippen molar-refractivity contribution >= 4 is 23.2 Å². The van der Waals surface area contributed by atoms with Gasteiger partial charge >= 0.3 is 0 Å². The quantitative estimate of drug-likeness (QED) is 0.791. The van der Waals surface area contributed by atoms with Gasteiger partial charge in [-0.25, -0.2) is 4.21 Å². The number of nitrogens with zero attached hydrogens (tertiary/aromatic N) is 1. The zero-order valence-corrected chi connectivity index (χ0v) is 10.6. The fourth-order valence-electron chi connectivity index (χ4n) is 2.16. The molecule has 0 amide bonds. The van der Waals surface area contributed by atoms with Crippen LogP contribution in [0.25, 0.3) is 0 Å². The van der Waals surface area contributed by atoms with Gasteiger partial charge in [-0.05, 0) is 30.0 Å². The van der Waals surface area contributed by atoms with Gasteiger partial charge in [-0.15, -0.1) is 0 Å². The Labute approximate surface area is 100 Å². The molecule has 0 bridgehead atoms. The lowest BCUT2D eigenvalue weighted by Gasteiger charge is -2.22. The lowest BCUT2D eigenvalue weighted by molar-refractivity contribution is 0.418. The number of nitrogens with one attached hydrogen (secondary N) is 1. The Bertz CT molecular complexity index is 392. The second kappa shape index (κ2) is 4.45. The summed E-state index contributed by atoms with van der Waals surface area (Å²) in [7, 11) is 0. The average Bonchev–Trinajstić information content (AvgIpc) is 2.60. The van der Waals surface area contributed by atoms with Crippen LogP contribution < -0.4 is 9.62 Å². The fourth-order valence-corrected chi connectivity index (χ4v) is 2.40. The zero-order chi connectivity index (χ0) is 11.6. The molecule has 1 fully saturated rings. The second-order valence-electron chi connectivity index (χ2n) is 5.09. The predicted octanol–water partition coefficient (Wildman–Crippen LogP) is 2.20. The monoisotopic (exact) mass is 238 g/mol. The van der Waals surface area contributed by atoms with Gasteiger partial charge in [-0.3, -0.25) is 0 Å². The Morgan fingerprint density at radius 1 is 1.44 bits per heavy atom. The van der Waals surface area contributed by atoms with Gasteiger partial charge in [0.05, 0.1) is 0 Å². The van der Waals surface area contributed by atoms with Gasteiger partial charge in [-0.2, -0.15) is 0 Å². The Morgan fingerprint density at radius 2 is 2.25 bits per heavy atom. The van der Waals surface area contributed by atoms with Gasteiger partial charge in [0, 0.05) is 24.5 Å². The summed E-state index contributed by atoms with van der Waals surface area (Å²) in [5.41, 5.74) is 2.51. The van der Waals surface area contributed by atoms with Gasteiger partial charge < -0.3 is 9.62 Å². The van der Waals surface area contributed by atoms with Gasteiger partial charge in [0.15, 0.2) is 0 Å². The van der Waals surface area contributed by atoms with Crippen LogP contribution in [0.3, 0.4) is 0 Å². The molecule has 0 unspecified atom stereocenters. The molecule has 0 saturated carbocycles. The van der Waals surface area contributed by atoms with Crippen molar-refractivity contribution < 1.29 is 4.21 Å². The average molecular weight is 238 g/mol. The first-order valence-corrected chi connectivity index (χ1v) is 6.35. The minimum absolute atomic E-state index is 0.0502.